The van der Waals surface area contributed by atoms with Gasteiger partial charge in [-0.3, -0.25) is 14.4 Å². The average molecular weight is 1090 g/mol. The van der Waals surface area contributed by atoms with Crippen molar-refractivity contribution in [2.24, 2.45) is 0 Å². The Kier molecular flexibility index (Phi) is 62.7. The van der Waals surface area contributed by atoms with Crippen LogP contribution < -0.4 is 0 Å². The first kappa shape index (κ1) is 74.3. The van der Waals surface area contributed by atoms with Crippen LogP contribution in [0.5, 0.6) is 0 Å². The molecule has 0 heterocycles. The van der Waals surface area contributed by atoms with Gasteiger partial charge in [-0.1, -0.05) is 298 Å². The Morgan fingerprint density at radius 1 is 0.269 bits per heavy atom. The third-order valence-corrected chi connectivity index (χ3v) is 14.3. The largest absolute Gasteiger partial charge is 0.462 e. The molecule has 0 fully saturated rings. The highest BCUT2D eigenvalue weighted by Crippen LogP contribution is 2.17. The van der Waals surface area contributed by atoms with Gasteiger partial charge in [-0.05, 0) is 103 Å². The molecule has 0 amide bonds. The molecule has 0 bridgehead atoms. The molecule has 1 atom stereocenters. The van der Waals surface area contributed by atoms with Crippen LogP contribution in [0.15, 0.2) is 97.2 Å². The van der Waals surface area contributed by atoms with E-state index in [4.69, 9.17) is 14.2 Å². The van der Waals surface area contributed by atoms with E-state index < -0.39 is 6.10 Å². The second-order valence-corrected chi connectivity index (χ2v) is 22.0. The summed E-state index contributed by atoms with van der Waals surface area (Å²) >= 11 is 0. The summed E-state index contributed by atoms with van der Waals surface area (Å²) in [5.74, 6) is -0.904. The zero-order valence-corrected chi connectivity index (χ0v) is 51.4. The van der Waals surface area contributed by atoms with E-state index >= 15 is 0 Å². The lowest BCUT2D eigenvalue weighted by Crippen LogP contribution is -2.30. The second kappa shape index (κ2) is 65.8. The van der Waals surface area contributed by atoms with E-state index in [0.717, 1.165) is 128 Å². The van der Waals surface area contributed by atoms with Gasteiger partial charge in [0.2, 0.25) is 0 Å². The lowest BCUT2D eigenvalue weighted by molar-refractivity contribution is -0.167. The molecule has 0 aromatic carbocycles. The Morgan fingerprint density at radius 3 is 0.808 bits per heavy atom. The average Bonchev–Trinajstić information content (AvgIpc) is 3.44. The van der Waals surface area contributed by atoms with Crippen molar-refractivity contribution in [1.29, 1.82) is 0 Å². The smallest absolute Gasteiger partial charge is 0.306 e. The summed E-state index contributed by atoms with van der Waals surface area (Å²) < 4.78 is 17.0. The number of allylic oxidation sites excluding steroid dienone is 16. The number of ether oxygens (including phenoxy) is 3. The van der Waals surface area contributed by atoms with Crippen LogP contribution in [-0.2, 0) is 28.6 Å². The van der Waals surface area contributed by atoms with Crippen LogP contribution in [-0.4, -0.2) is 37.2 Å². The number of rotatable bonds is 60. The fourth-order valence-corrected chi connectivity index (χ4v) is 9.36. The quantitative estimate of drug-likeness (QED) is 0.0261. The molecule has 0 saturated heterocycles. The summed E-state index contributed by atoms with van der Waals surface area (Å²) in [6, 6.07) is 0. The van der Waals surface area contributed by atoms with Crippen molar-refractivity contribution in [3.8, 4) is 0 Å². The molecular weight excluding hydrogens is 961 g/mol. The van der Waals surface area contributed by atoms with Crippen molar-refractivity contribution < 1.29 is 28.6 Å². The van der Waals surface area contributed by atoms with Crippen LogP contribution in [0.3, 0.4) is 0 Å². The molecule has 6 nitrogen and oxygen atoms in total. The number of carbonyl (C=O) groups excluding carboxylic acids is 3. The van der Waals surface area contributed by atoms with E-state index in [-0.39, 0.29) is 31.1 Å². The first-order valence-electron chi connectivity index (χ1n) is 33.2. The highest BCUT2D eigenvalue weighted by atomic mass is 16.6. The van der Waals surface area contributed by atoms with Crippen LogP contribution in [0, 0.1) is 0 Å². The molecule has 0 radical (unpaired) electrons. The van der Waals surface area contributed by atoms with Crippen molar-refractivity contribution in [1.82, 2.24) is 0 Å². The van der Waals surface area contributed by atoms with Crippen molar-refractivity contribution >= 4 is 17.9 Å². The molecular formula is C72H124O6. The van der Waals surface area contributed by atoms with Gasteiger partial charge in [0.05, 0.1) is 0 Å². The first-order valence-corrected chi connectivity index (χ1v) is 33.2. The van der Waals surface area contributed by atoms with Gasteiger partial charge in [-0.25, -0.2) is 0 Å². The molecule has 1 unspecified atom stereocenters. The number of hydrogen-bond acceptors (Lipinski definition) is 6. The number of esters is 3. The van der Waals surface area contributed by atoms with Crippen LogP contribution in [0.25, 0.3) is 0 Å². The molecule has 448 valence electrons. The topological polar surface area (TPSA) is 78.9 Å². The number of carbonyl (C=O) groups is 3. The number of hydrogen-bond donors (Lipinski definition) is 0. The molecule has 0 rings (SSSR count). The highest BCUT2D eigenvalue weighted by Gasteiger charge is 2.19. The Morgan fingerprint density at radius 2 is 0.500 bits per heavy atom. The summed E-state index contributed by atoms with van der Waals surface area (Å²) in [7, 11) is 0. The zero-order valence-electron chi connectivity index (χ0n) is 51.4. The predicted octanol–water partition coefficient (Wildman–Crippen LogP) is 22.8. The Labute approximate surface area is 483 Å². The Bertz CT molecular complexity index is 1530. The number of unbranched alkanes of at least 4 members (excludes halogenated alkanes) is 33. The minimum Gasteiger partial charge on any atom is -0.462 e. The summed E-state index contributed by atoms with van der Waals surface area (Å²) in [5, 5.41) is 0. The monoisotopic (exact) mass is 1080 g/mol. The SMILES string of the molecule is CC/C=C\C/C=C\C/C=C\C/C=C\C/C=C\CCCCCCCC(=O)OCC(COC(=O)CCCCCCCC/C=C\C/C=C\C/C=C\CCCCC)OC(=O)CCCCCCCCCCCCCCCCCCCCCC. The molecule has 0 aliphatic carbocycles. The van der Waals surface area contributed by atoms with Crippen LogP contribution in [0.4, 0.5) is 0 Å². The second-order valence-electron chi connectivity index (χ2n) is 22.0. The third kappa shape index (κ3) is 63.2. The third-order valence-electron chi connectivity index (χ3n) is 14.3. The summed E-state index contributed by atoms with van der Waals surface area (Å²) in [6.45, 7) is 6.51. The predicted molar refractivity (Wildman–Crippen MR) is 339 cm³/mol. The van der Waals surface area contributed by atoms with Gasteiger partial charge >= 0.3 is 17.9 Å². The lowest BCUT2D eigenvalue weighted by Gasteiger charge is -2.18. The van der Waals surface area contributed by atoms with Crippen LogP contribution in [0.2, 0.25) is 0 Å². The molecule has 6 heteroatoms. The molecule has 0 N–H and O–H groups in total. The molecule has 0 aliphatic heterocycles. The van der Waals surface area contributed by atoms with Gasteiger partial charge in [0, 0.05) is 19.3 Å². The summed E-state index contributed by atoms with van der Waals surface area (Å²) in [6.07, 6.45) is 88.4. The van der Waals surface area contributed by atoms with Gasteiger partial charge in [-0.2, -0.15) is 0 Å². The molecule has 0 aromatic heterocycles. The van der Waals surface area contributed by atoms with Crippen LogP contribution in [0.1, 0.15) is 323 Å². The molecule has 0 saturated carbocycles. The van der Waals surface area contributed by atoms with E-state index in [1.807, 2.05) is 0 Å². The van der Waals surface area contributed by atoms with Gasteiger partial charge < -0.3 is 14.2 Å². The van der Waals surface area contributed by atoms with Crippen molar-refractivity contribution in [3.05, 3.63) is 97.2 Å². The van der Waals surface area contributed by atoms with Gasteiger partial charge in [0.25, 0.3) is 0 Å². The van der Waals surface area contributed by atoms with E-state index in [1.54, 1.807) is 0 Å². The molecule has 0 aromatic rings. The molecule has 0 aliphatic rings. The van der Waals surface area contributed by atoms with E-state index in [9.17, 15) is 14.4 Å². The zero-order chi connectivity index (χ0) is 56.4. The summed E-state index contributed by atoms with van der Waals surface area (Å²) in [4.78, 5) is 38.4. The van der Waals surface area contributed by atoms with E-state index in [1.165, 1.54) is 154 Å². The molecule has 78 heavy (non-hydrogen) atoms. The van der Waals surface area contributed by atoms with E-state index in [2.05, 4.69) is 118 Å². The minimum atomic E-state index is -0.793. The van der Waals surface area contributed by atoms with Crippen LogP contribution >= 0.6 is 0 Å². The van der Waals surface area contributed by atoms with Gasteiger partial charge in [0.1, 0.15) is 13.2 Å². The maximum Gasteiger partial charge on any atom is 0.306 e. The van der Waals surface area contributed by atoms with Crippen molar-refractivity contribution in [2.75, 3.05) is 13.2 Å². The maximum absolute atomic E-state index is 12.9. The van der Waals surface area contributed by atoms with Gasteiger partial charge in [0.15, 0.2) is 6.10 Å². The lowest BCUT2D eigenvalue weighted by atomic mass is 10.0. The van der Waals surface area contributed by atoms with Crippen molar-refractivity contribution in [3.63, 3.8) is 0 Å². The fraction of sp³-hybridized carbons (Fsp3) is 0.736. The Hall–Kier alpha value is -3.67. The normalized spacial score (nSPS) is 12.7. The highest BCUT2D eigenvalue weighted by molar-refractivity contribution is 5.71. The Balaban J connectivity index is 4.43. The van der Waals surface area contributed by atoms with Gasteiger partial charge in [-0.15, -0.1) is 0 Å². The minimum absolute atomic E-state index is 0.0888. The fourth-order valence-electron chi connectivity index (χ4n) is 9.36. The van der Waals surface area contributed by atoms with E-state index in [0.29, 0.717) is 19.3 Å². The standard InChI is InChI=1S/C72H124O6/c1-4-7-10-13-16-19-22-25-28-31-34-36-39-41-44-47-50-53-56-59-62-65-71(74)77-68-69(67-76-70(73)64-61-58-55-52-49-46-43-40-37-33-30-27-24-21-18-15-12-9-6-3)78-72(75)66-63-60-57-54-51-48-45-42-38-35-32-29-26-23-20-17-14-11-8-5-2/h7,10,16,18-19,21,25,27-28,30,34,36-37,40-41,44,69H,4-6,8-9,11-15,17,20,22-24,26,29,31-33,35,38-39,42-43,45-68H2,1-3H3/b10-7-,19-16-,21-18-,28-25-,30-27-,36-34-,40-37-,44-41-. The maximum atomic E-state index is 12.9. The molecule has 0 spiro atoms. The van der Waals surface area contributed by atoms with Crippen molar-refractivity contribution in [2.45, 2.75) is 329 Å². The first-order chi connectivity index (χ1) is 38.5. The summed E-state index contributed by atoms with van der Waals surface area (Å²) in [5.41, 5.74) is 0.